The average molecular weight is 593 g/mol. The van der Waals surface area contributed by atoms with Crippen molar-refractivity contribution in [3.63, 3.8) is 0 Å². The minimum absolute atomic E-state index is 0.113. The van der Waals surface area contributed by atoms with Gasteiger partial charge in [-0.1, -0.05) is 103 Å². The number of rotatable bonds is 3. The fourth-order valence-corrected chi connectivity index (χ4v) is 8.46. The van der Waals surface area contributed by atoms with E-state index in [0.717, 1.165) is 33.7 Å². The smallest absolute Gasteiger partial charge is 0.313 e. The molecule has 3 aromatic heterocycles. The van der Waals surface area contributed by atoms with Crippen molar-refractivity contribution >= 4 is 93.9 Å². The first kappa shape index (κ1) is 24.9. The number of aromatic nitrogens is 1. The molecule has 210 valence electrons. The first-order chi connectivity index (χ1) is 22.3. The van der Waals surface area contributed by atoms with E-state index in [4.69, 9.17) is 4.42 Å². The molecular weight excluding hydrogens is 567 g/mol. The second-order valence-electron chi connectivity index (χ2n) is 11.7. The Morgan fingerprint density at radius 2 is 1.18 bits per heavy atom. The van der Waals surface area contributed by atoms with Crippen molar-refractivity contribution in [2.45, 2.75) is 0 Å². The topological polar surface area (TPSA) is 21.3 Å². The molecule has 0 fully saturated rings. The van der Waals surface area contributed by atoms with Gasteiger partial charge in [-0.2, -0.15) is 0 Å². The number of thiophene rings is 1. The second-order valence-corrected chi connectivity index (χ2v) is 12.8. The Bertz CT molecular complexity index is 2560. The molecule has 0 spiro atoms. The number of para-hydroxylation sites is 3. The third kappa shape index (κ3) is 3.53. The van der Waals surface area contributed by atoms with Crippen molar-refractivity contribution in [2.75, 3.05) is 4.90 Å². The summed E-state index contributed by atoms with van der Waals surface area (Å²) in [6, 6.07) is 54.5. The van der Waals surface area contributed by atoms with Gasteiger partial charge in [-0.05, 0) is 54.6 Å². The van der Waals surface area contributed by atoms with Crippen molar-refractivity contribution in [2.24, 2.45) is 0 Å². The number of benzene rings is 6. The molecule has 10 rings (SSSR count). The second kappa shape index (κ2) is 9.49. The first-order valence-electron chi connectivity index (χ1n) is 15.3. The minimum Gasteiger partial charge on any atom is -0.468 e. The quantitative estimate of drug-likeness (QED) is 0.191. The van der Waals surface area contributed by atoms with Gasteiger partial charge in [-0.3, -0.25) is 0 Å². The molecule has 0 N–H and O–H groups in total. The molecular formula is C40H25BN2OS. The molecule has 0 saturated heterocycles. The summed E-state index contributed by atoms with van der Waals surface area (Å²) in [6.07, 6.45) is 0. The van der Waals surface area contributed by atoms with Crippen LogP contribution in [0, 0.1) is 0 Å². The Balaban J connectivity index is 1.38. The maximum absolute atomic E-state index is 6.94. The summed E-state index contributed by atoms with van der Waals surface area (Å²) in [6.45, 7) is -0.113. The van der Waals surface area contributed by atoms with Crippen LogP contribution in [0.15, 0.2) is 156 Å². The lowest BCUT2D eigenvalue weighted by Gasteiger charge is -2.33. The Labute approximate surface area is 264 Å². The van der Waals surface area contributed by atoms with Gasteiger partial charge in [0.1, 0.15) is 11.2 Å². The van der Waals surface area contributed by atoms with Gasteiger partial charge in [0.15, 0.2) is 0 Å². The molecule has 6 aromatic carbocycles. The van der Waals surface area contributed by atoms with Crippen LogP contribution in [-0.2, 0) is 0 Å². The van der Waals surface area contributed by atoms with Crippen LogP contribution in [0.5, 0.6) is 0 Å². The predicted molar refractivity (Wildman–Crippen MR) is 192 cm³/mol. The molecule has 0 bridgehead atoms. The SMILES string of the molecule is c1ccc(B2c3oc4ccccc4c3N(c3ccc4sc5ccccc5c4c3)c3c2n(-c2ccccc2)c2ccccc32)cc1. The van der Waals surface area contributed by atoms with Crippen LogP contribution < -0.4 is 21.6 Å². The fourth-order valence-electron chi connectivity index (χ4n) is 7.38. The van der Waals surface area contributed by atoms with Crippen LogP contribution in [0.1, 0.15) is 0 Å². The summed E-state index contributed by atoms with van der Waals surface area (Å²) >= 11 is 1.85. The lowest BCUT2D eigenvalue weighted by molar-refractivity contribution is 0.651. The van der Waals surface area contributed by atoms with E-state index in [2.05, 4.69) is 161 Å². The number of anilines is 3. The van der Waals surface area contributed by atoms with Gasteiger partial charge in [0.05, 0.1) is 16.9 Å². The Kier molecular flexibility index (Phi) is 5.25. The average Bonchev–Trinajstić information content (AvgIpc) is 3.78. The summed E-state index contributed by atoms with van der Waals surface area (Å²) in [5.74, 6) is 0. The lowest BCUT2D eigenvalue weighted by Crippen LogP contribution is -2.58. The van der Waals surface area contributed by atoms with Crippen LogP contribution in [-0.4, -0.2) is 11.3 Å². The van der Waals surface area contributed by atoms with E-state index in [1.165, 1.54) is 47.8 Å². The van der Waals surface area contributed by atoms with Crippen LogP contribution in [0.25, 0.3) is 47.7 Å². The van der Waals surface area contributed by atoms with E-state index >= 15 is 0 Å². The standard InChI is InChI=1S/C40H25BN2OS/c1-3-13-26(14-4-1)41-39-37(30-18-7-10-20-33(30)42(39)27-15-5-2-6-16-27)43(38-31-19-8-11-21-34(31)44-40(38)41)28-23-24-36-32(25-28)29-17-9-12-22-35(29)45-36/h1-25H. The first-order valence-corrected chi connectivity index (χ1v) is 16.1. The minimum atomic E-state index is -0.113. The van der Waals surface area contributed by atoms with Gasteiger partial charge < -0.3 is 13.9 Å². The molecule has 1 aliphatic heterocycles. The summed E-state index contributed by atoms with van der Waals surface area (Å²) in [5.41, 5.74) is 10.0. The van der Waals surface area contributed by atoms with Gasteiger partial charge >= 0.3 is 6.71 Å². The molecule has 1 aliphatic rings. The highest BCUT2D eigenvalue weighted by atomic mass is 32.1. The Morgan fingerprint density at radius 3 is 2.02 bits per heavy atom. The summed E-state index contributed by atoms with van der Waals surface area (Å²) in [7, 11) is 0. The van der Waals surface area contributed by atoms with Gasteiger partial charge in [0.25, 0.3) is 0 Å². The molecule has 9 aromatic rings. The molecule has 0 saturated carbocycles. The number of nitrogens with zero attached hydrogens (tertiary/aromatic N) is 2. The highest BCUT2D eigenvalue weighted by Crippen LogP contribution is 2.47. The number of hydrogen-bond acceptors (Lipinski definition) is 3. The zero-order chi connectivity index (χ0) is 29.5. The Hall–Kier alpha value is -5.52. The highest BCUT2D eigenvalue weighted by molar-refractivity contribution is 7.25. The fraction of sp³-hybridized carbons (Fsp3) is 0. The van der Waals surface area contributed by atoms with Gasteiger partial charge in [0.2, 0.25) is 0 Å². The maximum atomic E-state index is 6.94. The van der Waals surface area contributed by atoms with Crippen LogP contribution >= 0.6 is 11.3 Å². The van der Waals surface area contributed by atoms with E-state index in [1.54, 1.807) is 0 Å². The van der Waals surface area contributed by atoms with Gasteiger partial charge in [-0.15, -0.1) is 11.3 Å². The van der Waals surface area contributed by atoms with E-state index in [0.29, 0.717) is 0 Å². The molecule has 0 radical (unpaired) electrons. The van der Waals surface area contributed by atoms with Crippen LogP contribution in [0.2, 0.25) is 0 Å². The zero-order valence-electron chi connectivity index (χ0n) is 24.2. The molecule has 3 nitrogen and oxygen atoms in total. The number of furan rings is 1. The lowest BCUT2D eigenvalue weighted by atomic mass is 9.39. The van der Waals surface area contributed by atoms with Crippen molar-refractivity contribution < 1.29 is 4.42 Å². The van der Waals surface area contributed by atoms with Crippen molar-refractivity contribution in [3.8, 4) is 5.69 Å². The van der Waals surface area contributed by atoms with Gasteiger partial charge in [-0.25, -0.2) is 0 Å². The molecule has 0 atom stereocenters. The predicted octanol–water partition coefficient (Wildman–Crippen LogP) is 9.04. The number of hydrogen-bond donors (Lipinski definition) is 0. The highest BCUT2D eigenvalue weighted by Gasteiger charge is 2.44. The van der Waals surface area contributed by atoms with E-state index in [1.807, 2.05) is 11.3 Å². The molecule has 0 amide bonds. The third-order valence-corrected chi connectivity index (χ3v) is 10.4. The van der Waals surface area contributed by atoms with Crippen molar-refractivity contribution in [3.05, 3.63) is 152 Å². The maximum Gasteiger partial charge on any atom is 0.313 e. The van der Waals surface area contributed by atoms with E-state index < -0.39 is 0 Å². The summed E-state index contributed by atoms with van der Waals surface area (Å²) < 4.78 is 12.0. The van der Waals surface area contributed by atoms with Crippen molar-refractivity contribution in [1.29, 1.82) is 0 Å². The number of fused-ring (bicyclic) bond motifs is 9. The zero-order valence-corrected chi connectivity index (χ0v) is 25.0. The molecule has 0 aliphatic carbocycles. The molecule has 5 heteroatoms. The van der Waals surface area contributed by atoms with E-state index in [-0.39, 0.29) is 6.71 Å². The normalized spacial score (nSPS) is 12.8. The van der Waals surface area contributed by atoms with Crippen LogP contribution in [0.3, 0.4) is 0 Å². The molecule has 0 unspecified atom stereocenters. The Morgan fingerprint density at radius 1 is 0.511 bits per heavy atom. The van der Waals surface area contributed by atoms with Gasteiger partial charge in [0, 0.05) is 47.9 Å². The largest absolute Gasteiger partial charge is 0.468 e. The monoisotopic (exact) mass is 592 g/mol. The van der Waals surface area contributed by atoms with Crippen molar-refractivity contribution in [1.82, 2.24) is 4.57 Å². The summed E-state index contributed by atoms with van der Waals surface area (Å²) in [4.78, 5) is 2.48. The molecule has 45 heavy (non-hydrogen) atoms. The summed E-state index contributed by atoms with van der Waals surface area (Å²) in [5, 5.41) is 4.90. The molecule has 4 heterocycles. The third-order valence-electron chi connectivity index (χ3n) is 9.23. The van der Waals surface area contributed by atoms with Crippen LogP contribution in [0.4, 0.5) is 17.1 Å². The van der Waals surface area contributed by atoms with E-state index in [9.17, 15) is 0 Å².